The Morgan fingerprint density at radius 2 is 0.660 bits per heavy atom. The maximum atomic E-state index is 14.4. The van der Waals surface area contributed by atoms with Crippen molar-refractivity contribution in [2.24, 2.45) is 21.1 Å². The van der Waals surface area contributed by atoms with Gasteiger partial charge in [-0.3, -0.25) is 87.1 Å². The molecule has 24 nitrogen and oxygen atoms in total. The number of benzene rings is 7. The fraction of sp³-hybridized carbons (Fsp3) is 0.150. The van der Waals surface area contributed by atoms with Gasteiger partial charge in [-0.05, 0) is 198 Å². The number of aryl methyl sites for hydroxylation is 3. The van der Waals surface area contributed by atoms with Crippen molar-refractivity contribution in [3.63, 3.8) is 0 Å². The molecule has 0 aliphatic carbocycles. The lowest BCUT2D eigenvalue weighted by Gasteiger charge is -2.21. The first-order chi connectivity index (χ1) is 70.3. The Hall–Kier alpha value is -18.1. The highest BCUT2D eigenvalue weighted by atomic mass is 16.5. The second-order valence-corrected chi connectivity index (χ2v) is 36.3. The quantitative estimate of drug-likeness (QED) is 0.0646. The molecule has 7 aromatic carbocycles. The van der Waals surface area contributed by atoms with Gasteiger partial charge < -0.3 is 14.0 Å². The second-order valence-electron chi connectivity index (χ2n) is 36.3. The van der Waals surface area contributed by atoms with Crippen LogP contribution in [0.2, 0.25) is 0 Å². The molecular formula is C120H102N18O6. The van der Waals surface area contributed by atoms with Crippen LogP contribution in [0.5, 0.6) is 11.6 Å². The van der Waals surface area contributed by atoms with E-state index in [-0.39, 0.29) is 45.9 Å². The Labute approximate surface area is 829 Å². The molecule has 0 radical (unpaired) electrons. The predicted molar refractivity (Wildman–Crippen MR) is 573 cm³/mol. The number of aromatic nitrogens is 18. The van der Waals surface area contributed by atoms with Crippen molar-refractivity contribution in [3.05, 3.63) is 458 Å². The molecule has 4 atom stereocenters. The molecular weight excluding hydrogens is 1790 g/mol. The van der Waals surface area contributed by atoms with Crippen LogP contribution in [-0.2, 0) is 46.8 Å². The largest absolute Gasteiger partial charge is 0.495 e. The van der Waals surface area contributed by atoms with Crippen molar-refractivity contribution in [3.8, 4) is 73.2 Å². The lowest BCUT2D eigenvalue weighted by Crippen LogP contribution is -2.24. The molecule has 23 rings (SSSR count). The topological polar surface area (TPSA) is 271 Å². The number of pyridine rings is 14. The number of fused-ring (bicyclic) bond motifs is 8. The summed E-state index contributed by atoms with van der Waals surface area (Å²) in [6.45, 7) is 10.5. The minimum Gasteiger partial charge on any atom is -0.495 e. The van der Waals surface area contributed by atoms with Crippen molar-refractivity contribution in [1.29, 1.82) is 0 Å². The molecule has 0 aliphatic heterocycles. The summed E-state index contributed by atoms with van der Waals surface area (Å²) >= 11 is 0. The summed E-state index contributed by atoms with van der Waals surface area (Å²) in [6, 6.07) is 91.4. The summed E-state index contributed by atoms with van der Waals surface area (Å²) in [4.78, 5) is 102. The molecule has 0 spiro atoms. The molecule has 16 heterocycles. The zero-order chi connectivity index (χ0) is 99.2. The van der Waals surface area contributed by atoms with E-state index in [9.17, 15) is 19.2 Å². The van der Waals surface area contributed by atoms with Gasteiger partial charge in [-0.2, -0.15) is 10.2 Å². The number of rotatable bonds is 21. The summed E-state index contributed by atoms with van der Waals surface area (Å²) in [6.07, 6.45) is 28.0. The number of methoxy groups -OCH3 is 2. The predicted octanol–water partition coefficient (Wildman–Crippen LogP) is 22.9. The van der Waals surface area contributed by atoms with Crippen LogP contribution in [0.4, 0.5) is 0 Å². The average molecular weight is 1890 g/mol. The van der Waals surface area contributed by atoms with E-state index in [1.54, 1.807) is 77.7 Å². The highest BCUT2D eigenvalue weighted by Crippen LogP contribution is 2.39. The lowest BCUT2D eigenvalue weighted by atomic mass is 9.94. The normalized spacial score (nSPS) is 12.2. The molecule has 0 aliphatic rings. The zero-order valence-corrected chi connectivity index (χ0v) is 81.3. The Kier molecular flexibility index (Phi) is 26.7. The number of nitrogens with zero attached hydrogens (tertiary/aromatic N) is 18. The highest BCUT2D eigenvalue weighted by molar-refractivity contribution is 6.00. The smallest absolute Gasteiger partial charge is 0.263 e. The monoisotopic (exact) mass is 1890 g/mol. The van der Waals surface area contributed by atoms with Gasteiger partial charge in [-0.15, -0.1) is 0 Å². The zero-order valence-electron chi connectivity index (χ0n) is 81.3. The lowest BCUT2D eigenvalue weighted by molar-refractivity contribution is 0.398. The van der Waals surface area contributed by atoms with Crippen molar-refractivity contribution < 1.29 is 9.47 Å². The first kappa shape index (κ1) is 93.6. The minimum absolute atomic E-state index is 0.00118. The molecule has 24 heteroatoms. The van der Waals surface area contributed by atoms with E-state index < -0.39 is 0 Å². The van der Waals surface area contributed by atoms with Gasteiger partial charge in [0.2, 0.25) is 5.88 Å². The first-order valence-corrected chi connectivity index (χ1v) is 47.9. The van der Waals surface area contributed by atoms with E-state index in [1.165, 1.54) is 0 Å². The fourth-order valence-corrected chi connectivity index (χ4v) is 19.8. The van der Waals surface area contributed by atoms with Crippen LogP contribution in [-0.4, -0.2) is 102 Å². The van der Waals surface area contributed by atoms with Crippen molar-refractivity contribution in [1.82, 2.24) is 87.7 Å². The van der Waals surface area contributed by atoms with Gasteiger partial charge in [0.05, 0.1) is 98.7 Å². The van der Waals surface area contributed by atoms with Crippen molar-refractivity contribution >= 4 is 86.7 Å². The van der Waals surface area contributed by atoms with Gasteiger partial charge in [0.1, 0.15) is 5.75 Å². The van der Waals surface area contributed by atoms with Crippen LogP contribution in [0.25, 0.3) is 148 Å². The summed E-state index contributed by atoms with van der Waals surface area (Å²) in [5.41, 5.74) is 21.4. The molecule has 0 bridgehead atoms. The SMILES string of the molecule is COc1ccc(-c2cccc3cc([C@H](C)Cc4nccc5cccnc45)n(-c4ccccc4)c(=O)c23)cn1.COc1cncc(-c2cccc3cc([C@H](C)Cc4nccc5cccnc45)n(-c4ccccc4)c(=O)c23)c1.C[C@H](Cc1nccc2cccnc12)c1cc2cccc(-c3cnn(C)c3)c2c(=O)n1C.Cc1nn(C)cc1-c1cccc2cc([C@H](C)Cc3nccc4cccnc34)n(-c3ccccc3)c(=O)c12. The highest BCUT2D eigenvalue weighted by Gasteiger charge is 2.28. The van der Waals surface area contributed by atoms with Gasteiger partial charge in [0, 0.05) is 209 Å². The second kappa shape index (κ2) is 41.2. The Morgan fingerprint density at radius 1 is 0.292 bits per heavy atom. The van der Waals surface area contributed by atoms with Gasteiger partial charge in [0.15, 0.2) is 0 Å². The van der Waals surface area contributed by atoms with Crippen LogP contribution >= 0.6 is 0 Å². The molecule has 16 aromatic heterocycles. The fourth-order valence-electron chi connectivity index (χ4n) is 19.8. The molecule has 0 unspecified atom stereocenters. The van der Waals surface area contributed by atoms with Crippen LogP contribution in [0.3, 0.4) is 0 Å². The Balaban J connectivity index is 0.000000117. The van der Waals surface area contributed by atoms with E-state index in [1.807, 2.05) is 328 Å². The van der Waals surface area contributed by atoms with Gasteiger partial charge in [0.25, 0.3) is 22.2 Å². The Bertz CT molecular complexity index is 9000. The standard InChI is InChI=1S/2C32H26N4O2.C31H27N5O.C25H23N5O/c1-21(18-27-31-22(15-17-33-27)9-7-16-34-31)28-19-23-8-6-12-26(24-13-14-29(38-2)35-20-24)30(23)32(37)36(28)25-10-4-3-5-11-25;1-21(16-28-31-22(13-15-34-28)9-7-14-35-31)29-18-23-8-6-12-27(24-17-26(38-2)20-33-19-24)30(23)32(37)36(29)25-10-4-3-5-11-25;1-20(17-27-30-22(14-16-32-27)10-8-15-33-30)28-18-23-9-7-13-25(26-19-35(3)34-21(26)2)29(23)31(37)36(28)24-11-5-4-6-12-24;1-16(12-21-24-17(9-11-26-21)7-5-10-27-24)22-13-18-6-4-8-20(19-14-28-29(2)15-19)23(18)25(31)30(22)3/h3-17,19-21H,18H2,1-2H3;3-15,17-21H,16H2,1-2H3;4-16,18-20H,17H2,1-3H3;4-11,13-16H,12H2,1-3H3/t2*21-;20-;16-/m1111/s1. The van der Waals surface area contributed by atoms with E-state index >= 15 is 0 Å². The molecule has 0 N–H and O–H groups in total. The molecule has 23 aromatic rings. The van der Waals surface area contributed by atoms with E-state index in [0.29, 0.717) is 53.5 Å². The van der Waals surface area contributed by atoms with E-state index in [2.05, 4.69) is 118 Å². The Morgan fingerprint density at radius 3 is 1.03 bits per heavy atom. The third-order valence-electron chi connectivity index (χ3n) is 26.8. The van der Waals surface area contributed by atoms with Gasteiger partial charge in [-0.1, -0.05) is 179 Å². The maximum Gasteiger partial charge on any atom is 0.263 e. The number of ether oxygens (including phenoxy) is 2. The van der Waals surface area contributed by atoms with Gasteiger partial charge in [-0.25, -0.2) is 4.98 Å². The summed E-state index contributed by atoms with van der Waals surface area (Å²) in [5, 5.41) is 19.4. The average Bonchev–Trinajstić information content (AvgIpc) is 0.789. The van der Waals surface area contributed by atoms with Gasteiger partial charge >= 0.3 is 0 Å². The number of hydrogen-bond donors (Lipinski definition) is 0. The minimum atomic E-state index is -0.0713. The third kappa shape index (κ3) is 18.9. The van der Waals surface area contributed by atoms with Crippen LogP contribution in [0.1, 0.15) is 103 Å². The van der Waals surface area contributed by atoms with E-state index in [4.69, 9.17) is 9.47 Å². The van der Waals surface area contributed by atoms with Crippen molar-refractivity contribution in [2.75, 3.05) is 14.2 Å². The molecule has 0 saturated carbocycles. The van der Waals surface area contributed by atoms with Crippen LogP contribution in [0, 0.1) is 6.92 Å². The first-order valence-electron chi connectivity index (χ1n) is 47.9. The van der Waals surface area contributed by atoms with Crippen LogP contribution in [0.15, 0.2) is 385 Å². The van der Waals surface area contributed by atoms with Crippen molar-refractivity contribution in [2.45, 2.75) is 84.0 Å². The van der Waals surface area contributed by atoms with E-state index in [0.717, 1.165) is 183 Å². The van der Waals surface area contributed by atoms with Crippen LogP contribution < -0.4 is 31.7 Å². The molecule has 144 heavy (non-hydrogen) atoms. The summed E-state index contributed by atoms with van der Waals surface area (Å²) in [5.74, 6) is 1.28. The third-order valence-corrected chi connectivity index (χ3v) is 26.8. The molecule has 0 fully saturated rings. The summed E-state index contributed by atoms with van der Waals surface area (Å²) in [7, 11) is 8.83. The maximum absolute atomic E-state index is 14.4. The molecule has 0 amide bonds. The molecule has 0 saturated heterocycles. The summed E-state index contributed by atoms with van der Waals surface area (Å²) < 4.78 is 21.5. The molecule has 708 valence electrons. The number of hydrogen-bond acceptors (Lipinski definition) is 18. The number of para-hydroxylation sites is 3.